The predicted octanol–water partition coefficient (Wildman–Crippen LogP) is 0.423. The van der Waals surface area contributed by atoms with Gasteiger partial charge < -0.3 is 22.1 Å². The Hall–Kier alpha value is -1.64. The summed E-state index contributed by atoms with van der Waals surface area (Å²) in [6, 6.07) is 0. The highest BCUT2D eigenvalue weighted by atomic mass is 79.9. The average molecular weight is 435 g/mol. The van der Waals surface area contributed by atoms with Crippen molar-refractivity contribution in [1.82, 2.24) is 10.6 Å². The van der Waals surface area contributed by atoms with Crippen LogP contribution in [-0.2, 0) is 19.2 Å². The topological polar surface area (TPSA) is 144 Å². The predicted molar refractivity (Wildman–Crippen MR) is 103 cm³/mol. The van der Waals surface area contributed by atoms with Crippen molar-refractivity contribution in [2.75, 3.05) is 18.4 Å². The quantitative estimate of drug-likeness (QED) is 0.232. The van der Waals surface area contributed by atoms with Gasteiger partial charge in [0.05, 0.1) is 5.33 Å². The number of alkyl halides is 1. The van der Waals surface area contributed by atoms with Crippen LogP contribution in [0.15, 0.2) is 0 Å². The Bertz CT molecular complexity index is 465. The van der Waals surface area contributed by atoms with Crippen LogP contribution in [0.25, 0.3) is 0 Å². The molecule has 0 radical (unpaired) electrons. The highest BCUT2D eigenvalue weighted by Crippen LogP contribution is 2.20. The molecule has 0 aliphatic carbocycles. The van der Waals surface area contributed by atoms with E-state index in [1.54, 1.807) is 13.8 Å². The van der Waals surface area contributed by atoms with Gasteiger partial charge in [0.25, 0.3) is 0 Å². The molecule has 2 unspecified atom stereocenters. The van der Waals surface area contributed by atoms with Gasteiger partial charge in [-0.3, -0.25) is 19.2 Å². The molecule has 0 heterocycles. The van der Waals surface area contributed by atoms with Crippen LogP contribution in [0.2, 0.25) is 0 Å². The number of amides is 4. The van der Waals surface area contributed by atoms with Crippen LogP contribution >= 0.6 is 15.9 Å². The van der Waals surface area contributed by atoms with Gasteiger partial charge in [0, 0.05) is 30.8 Å². The monoisotopic (exact) mass is 434 g/mol. The molecule has 0 aromatic carbocycles. The summed E-state index contributed by atoms with van der Waals surface area (Å²) in [7, 11) is 0. The molecule has 0 saturated carbocycles. The van der Waals surface area contributed by atoms with Crippen molar-refractivity contribution in [3.8, 4) is 0 Å². The van der Waals surface area contributed by atoms with Crippen molar-refractivity contribution in [1.29, 1.82) is 0 Å². The first kappa shape index (κ1) is 24.4. The smallest absolute Gasteiger partial charge is 0.230 e. The molecule has 0 rings (SSSR count). The summed E-state index contributed by atoms with van der Waals surface area (Å²) >= 11 is 3.07. The summed E-state index contributed by atoms with van der Waals surface area (Å²) in [5.74, 6) is -2.59. The fourth-order valence-electron chi connectivity index (χ4n) is 2.45. The Balaban J connectivity index is 4.30. The lowest BCUT2D eigenvalue weighted by Gasteiger charge is -2.21. The van der Waals surface area contributed by atoms with Gasteiger partial charge in [-0.15, -0.1) is 0 Å². The van der Waals surface area contributed by atoms with E-state index < -0.39 is 29.6 Å². The normalized spacial score (nSPS) is 14.1. The third-order valence-corrected chi connectivity index (χ3v) is 4.72. The number of nitrogens with one attached hydrogen (secondary N) is 2. The number of hydrogen-bond donors (Lipinski definition) is 4. The van der Waals surface area contributed by atoms with E-state index >= 15 is 0 Å². The Morgan fingerprint density at radius 1 is 0.846 bits per heavy atom. The van der Waals surface area contributed by atoms with Gasteiger partial charge in [-0.1, -0.05) is 29.8 Å². The largest absolute Gasteiger partial charge is 0.369 e. The van der Waals surface area contributed by atoms with Crippen molar-refractivity contribution in [2.24, 2.45) is 29.2 Å². The Labute approximate surface area is 163 Å². The minimum Gasteiger partial charge on any atom is -0.369 e. The number of nitrogens with two attached hydrogens (primary N) is 2. The zero-order valence-corrected chi connectivity index (χ0v) is 17.1. The number of unbranched alkanes of at least 4 members (excludes halogenated alkanes) is 2. The molecule has 8 nitrogen and oxygen atoms in total. The molecule has 9 heteroatoms. The van der Waals surface area contributed by atoms with Crippen molar-refractivity contribution >= 4 is 39.6 Å². The fourth-order valence-corrected chi connectivity index (χ4v) is 2.65. The van der Waals surface area contributed by atoms with E-state index in [1.165, 1.54) is 0 Å². The third kappa shape index (κ3) is 11.1. The van der Waals surface area contributed by atoms with Crippen molar-refractivity contribution in [3.05, 3.63) is 0 Å². The second kappa shape index (κ2) is 13.5. The number of halogens is 1. The van der Waals surface area contributed by atoms with E-state index in [9.17, 15) is 19.2 Å². The Morgan fingerprint density at radius 3 is 1.73 bits per heavy atom. The van der Waals surface area contributed by atoms with Gasteiger partial charge in [0.2, 0.25) is 23.6 Å². The number of hydrogen-bond acceptors (Lipinski definition) is 4. The summed E-state index contributed by atoms with van der Waals surface area (Å²) in [4.78, 5) is 46.0. The fraction of sp³-hybridized carbons (Fsp3) is 0.765. The summed E-state index contributed by atoms with van der Waals surface area (Å²) in [6.45, 7) is 4.43. The van der Waals surface area contributed by atoms with Gasteiger partial charge in [-0.05, 0) is 32.1 Å². The molecule has 2 atom stereocenters. The lowest BCUT2D eigenvalue weighted by molar-refractivity contribution is -0.128. The molecule has 0 fully saturated rings. The first-order chi connectivity index (χ1) is 12.2. The van der Waals surface area contributed by atoms with E-state index in [1.807, 2.05) is 0 Å². The maximum absolute atomic E-state index is 12.4. The Morgan fingerprint density at radius 2 is 1.31 bits per heavy atom. The van der Waals surface area contributed by atoms with Crippen LogP contribution in [0.4, 0.5) is 0 Å². The van der Waals surface area contributed by atoms with Gasteiger partial charge in [0.15, 0.2) is 0 Å². The summed E-state index contributed by atoms with van der Waals surface area (Å²) in [5.41, 5.74) is 10.6. The maximum atomic E-state index is 12.4. The van der Waals surface area contributed by atoms with Crippen LogP contribution < -0.4 is 22.1 Å². The molecule has 6 N–H and O–H groups in total. The maximum Gasteiger partial charge on any atom is 0.230 e. The van der Waals surface area contributed by atoms with Crippen LogP contribution in [-0.4, -0.2) is 42.0 Å². The summed E-state index contributed by atoms with van der Waals surface area (Å²) < 4.78 is 0. The molecule has 0 aromatic rings. The van der Waals surface area contributed by atoms with Crippen LogP contribution in [0.3, 0.4) is 0 Å². The highest BCUT2D eigenvalue weighted by molar-refractivity contribution is 9.09. The molecule has 0 saturated heterocycles. The van der Waals surface area contributed by atoms with Crippen LogP contribution in [0.5, 0.6) is 0 Å². The molecular weight excluding hydrogens is 404 g/mol. The first-order valence-corrected chi connectivity index (χ1v) is 10.00. The molecule has 0 aromatic heterocycles. The van der Waals surface area contributed by atoms with E-state index in [2.05, 4.69) is 26.6 Å². The zero-order valence-electron chi connectivity index (χ0n) is 15.6. The second-order valence-electron chi connectivity index (χ2n) is 6.61. The van der Waals surface area contributed by atoms with E-state index in [4.69, 9.17) is 11.5 Å². The number of carbonyl (C=O) groups excluding carboxylic acids is 4. The van der Waals surface area contributed by atoms with Gasteiger partial charge in [-0.2, -0.15) is 0 Å². The van der Waals surface area contributed by atoms with Crippen LogP contribution in [0.1, 0.15) is 46.0 Å². The average Bonchev–Trinajstić information content (AvgIpc) is 2.59. The molecule has 0 bridgehead atoms. The number of carbonyl (C=O) groups is 4. The van der Waals surface area contributed by atoms with Crippen molar-refractivity contribution in [3.63, 3.8) is 0 Å². The van der Waals surface area contributed by atoms with Crippen LogP contribution in [0, 0.1) is 17.8 Å². The molecular formula is C17H31BrN4O4. The Kier molecular flexibility index (Phi) is 12.7. The van der Waals surface area contributed by atoms with E-state index in [0.717, 1.165) is 19.3 Å². The van der Waals surface area contributed by atoms with Crippen molar-refractivity contribution < 1.29 is 19.2 Å². The SMILES string of the molecule is CC(CC(CC(C)C(N)=O)C(=O)NCCCCCNC(=O)CBr)C(N)=O. The molecule has 0 spiro atoms. The van der Waals surface area contributed by atoms with Crippen molar-refractivity contribution in [2.45, 2.75) is 46.0 Å². The van der Waals surface area contributed by atoms with Gasteiger partial charge in [0.1, 0.15) is 0 Å². The minimum atomic E-state index is -0.488. The van der Waals surface area contributed by atoms with E-state index in [-0.39, 0.29) is 30.0 Å². The zero-order chi connectivity index (χ0) is 20.1. The first-order valence-electron chi connectivity index (χ1n) is 8.88. The molecule has 4 amide bonds. The lowest BCUT2D eigenvalue weighted by Crippen LogP contribution is -2.36. The number of primary amides is 2. The summed E-state index contributed by atoms with van der Waals surface area (Å²) in [6.07, 6.45) is 3.05. The van der Waals surface area contributed by atoms with Gasteiger partial charge in [-0.25, -0.2) is 0 Å². The van der Waals surface area contributed by atoms with E-state index in [0.29, 0.717) is 13.1 Å². The number of rotatable bonds is 14. The molecule has 0 aliphatic rings. The highest BCUT2D eigenvalue weighted by Gasteiger charge is 2.26. The summed E-state index contributed by atoms with van der Waals surface area (Å²) in [5, 5.41) is 5.89. The second-order valence-corrected chi connectivity index (χ2v) is 7.17. The molecule has 0 aliphatic heterocycles. The minimum absolute atomic E-state index is 0.0479. The molecule has 150 valence electrons. The lowest BCUT2D eigenvalue weighted by atomic mass is 9.87. The third-order valence-electron chi connectivity index (χ3n) is 4.21. The molecule has 26 heavy (non-hydrogen) atoms. The van der Waals surface area contributed by atoms with Gasteiger partial charge >= 0.3 is 0 Å². The standard InChI is InChI=1S/C17H31BrN4O4/c1-11(15(19)24)8-13(9-12(2)16(20)25)17(26)22-7-5-3-4-6-21-14(23)10-18/h11-13H,3-10H2,1-2H3,(H2,19,24)(H2,20,25)(H,21,23)(H,22,26).